The highest BCUT2D eigenvalue weighted by Gasteiger charge is 2.34. The van der Waals surface area contributed by atoms with Gasteiger partial charge in [0, 0.05) is 12.6 Å². The molecule has 1 aromatic carbocycles. The zero-order valence-corrected chi connectivity index (χ0v) is 12.4. The molecule has 0 aliphatic heterocycles. The molecule has 0 aromatic heterocycles. The van der Waals surface area contributed by atoms with Crippen LogP contribution in [-0.2, 0) is 0 Å². The van der Waals surface area contributed by atoms with Crippen LogP contribution >= 0.6 is 11.6 Å². The van der Waals surface area contributed by atoms with E-state index >= 15 is 0 Å². The van der Waals surface area contributed by atoms with Gasteiger partial charge in [-0.15, -0.1) is 0 Å². The molecule has 1 fully saturated rings. The minimum Gasteiger partial charge on any atom is -0.336 e. The zero-order chi connectivity index (χ0) is 14.7. The van der Waals surface area contributed by atoms with Crippen molar-refractivity contribution < 1.29 is 9.18 Å². The Hall–Kier alpha value is -1.13. The van der Waals surface area contributed by atoms with E-state index in [1.165, 1.54) is 12.1 Å². The lowest BCUT2D eigenvalue weighted by molar-refractivity contribution is 0.0651. The van der Waals surface area contributed by atoms with Crippen LogP contribution in [-0.4, -0.2) is 29.9 Å². The molecule has 0 radical (unpaired) electrons. The number of carbonyl (C=O) groups is 1. The fourth-order valence-corrected chi connectivity index (χ4v) is 3.26. The molecular formula is C15H20ClFN2O. The number of nitrogens with two attached hydrogens (primary N) is 1. The Bertz CT molecular complexity index is 495. The van der Waals surface area contributed by atoms with Crippen LogP contribution in [0.25, 0.3) is 0 Å². The SMILES string of the molecule is CCN(C(=O)c1cccc(F)c1Cl)C1CCCC1CN. The Morgan fingerprint density at radius 3 is 2.90 bits per heavy atom. The topological polar surface area (TPSA) is 46.3 Å². The molecule has 1 aliphatic carbocycles. The number of nitrogens with zero attached hydrogens (tertiary/aromatic N) is 1. The molecule has 0 spiro atoms. The summed E-state index contributed by atoms with van der Waals surface area (Å²) >= 11 is 5.92. The second kappa shape index (κ2) is 6.55. The lowest BCUT2D eigenvalue weighted by Crippen LogP contribution is -2.44. The molecule has 0 saturated heterocycles. The molecule has 2 N–H and O–H groups in total. The normalized spacial score (nSPS) is 22.0. The lowest BCUT2D eigenvalue weighted by Gasteiger charge is -2.32. The standard InChI is InChI=1S/C15H20ClFN2O/c1-2-19(13-8-3-5-10(13)9-18)15(20)11-6-4-7-12(17)14(11)16/h4,6-7,10,13H,2-3,5,8-9,18H2,1H3. The van der Waals surface area contributed by atoms with Gasteiger partial charge < -0.3 is 10.6 Å². The van der Waals surface area contributed by atoms with Crippen molar-refractivity contribution in [3.63, 3.8) is 0 Å². The summed E-state index contributed by atoms with van der Waals surface area (Å²) < 4.78 is 13.5. The van der Waals surface area contributed by atoms with E-state index in [-0.39, 0.29) is 22.5 Å². The van der Waals surface area contributed by atoms with Crippen LogP contribution in [0.1, 0.15) is 36.5 Å². The van der Waals surface area contributed by atoms with Crippen LogP contribution < -0.4 is 5.73 Å². The first-order valence-electron chi connectivity index (χ1n) is 7.05. The molecule has 1 saturated carbocycles. The van der Waals surface area contributed by atoms with Crippen LogP contribution in [0.2, 0.25) is 5.02 Å². The van der Waals surface area contributed by atoms with Gasteiger partial charge in [-0.05, 0) is 44.4 Å². The third-order valence-corrected chi connectivity index (χ3v) is 4.49. The van der Waals surface area contributed by atoms with Crippen LogP contribution in [0, 0.1) is 11.7 Å². The Labute approximate surface area is 123 Å². The van der Waals surface area contributed by atoms with Gasteiger partial charge in [0.15, 0.2) is 0 Å². The van der Waals surface area contributed by atoms with Crippen molar-refractivity contribution in [3.05, 3.63) is 34.6 Å². The summed E-state index contributed by atoms with van der Waals surface area (Å²) in [7, 11) is 0. The Morgan fingerprint density at radius 2 is 2.25 bits per heavy atom. The largest absolute Gasteiger partial charge is 0.336 e. The second-order valence-corrected chi connectivity index (χ2v) is 5.56. The predicted molar refractivity (Wildman–Crippen MR) is 78.3 cm³/mol. The number of halogens is 2. The van der Waals surface area contributed by atoms with Crippen molar-refractivity contribution in [2.75, 3.05) is 13.1 Å². The summed E-state index contributed by atoms with van der Waals surface area (Å²) in [6.07, 6.45) is 3.07. The third-order valence-electron chi connectivity index (χ3n) is 4.11. The van der Waals surface area contributed by atoms with Crippen molar-refractivity contribution in [1.29, 1.82) is 0 Å². The van der Waals surface area contributed by atoms with Gasteiger partial charge in [0.25, 0.3) is 5.91 Å². The summed E-state index contributed by atoms with van der Waals surface area (Å²) in [5.41, 5.74) is 6.02. The maximum absolute atomic E-state index is 13.5. The van der Waals surface area contributed by atoms with Gasteiger partial charge in [0.05, 0.1) is 10.6 Å². The lowest BCUT2D eigenvalue weighted by atomic mass is 10.0. The van der Waals surface area contributed by atoms with E-state index in [0.29, 0.717) is 19.0 Å². The van der Waals surface area contributed by atoms with Gasteiger partial charge in [0.1, 0.15) is 5.82 Å². The Kier molecular flexibility index (Phi) is 5.00. The number of benzene rings is 1. The van der Waals surface area contributed by atoms with Gasteiger partial charge in [-0.1, -0.05) is 24.1 Å². The molecule has 1 amide bonds. The molecule has 110 valence electrons. The van der Waals surface area contributed by atoms with Crippen molar-refractivity contribution in [2.24, 2.45) is 11.7 Å². The smallest absolute Gasteiger partial charge is 0.255 e. The average molecular weight is 299 g/mol. The third kappa shape index (κ3) is 2.81. The highest BCUT2D eigenvalue weighted by molar-refractivity contribution is 6.34. The van der Waals surface area contributed by atoms with Gasteiger partial charge in [-0.25, -0.2) is 4.39 Å². The van der Waals surface area contributed by atoms with E-state index in [4.69, 9.17) is 17.3 Å². The van der Waals surface area contributed by atoms with E-state index in [9.17, 15) is 9.18 Å². The van der Waals surface area contributed by atoms with Gasteiger partial charge >= 0.3 is 0 Å². The molecular weight excluding hydrogens is 279 g/mol. The predicted octanol–water partition coefficient (Wildman–Crippen LogP) is 3.07. The molecule has 2 unspecified atom stereocenters. The molecule has 2 atom stereocenters. The van der Waals surface area contributed by atoms with Crippen molar-refractivity contribution in [1.82, 2.24) is 4.90 Å². The monoisotopic (exact) mass is 298 g/mol. The minimum absolute atomic E-state index is 0.0988. The zero-order valence-electron chi connectivity index (χ0n) is 11.6. The fraction of sp³-hybridized carbons (Fsp3) is 0.533. The van der Waals surface area contributed by atoms with E-state index in [2.05, 4.69) is 0 Å². The minimum atomic E-state index is -0.560. The summed E-state index contributed by atoms with van der Waals surface area (Å²) in [5, 5.41) is -0.0988. The molecule has 5 heteroatoms. The number of hydrogen-bond donors (Lipinski definition) is 1. The first-order chi connectivity index (χ1) is 9.60. The van der Waals surface area contributed by atoms with Gasteiger partial charge in [-0.2, -0.15) is 0 Å². The Balaban J connectivity index is 2.27. The van der Waals surface area contributed by atoms with Crippen LogP contribution in [0.5, 0.6) is 0 Å². The number of carbonyl (C=O) groups excluding carboxylic acids is 1. The molecule has 20 heavy (non-hydrogen) atoms. The maximum atomic E-state index is 13.5. The number of rotatable bonds is 4. The number of amides is 1. The van der Waals surface area contributed by atoms with Gasteiger partial charge in [0.2, 0.25) is 0 Å². The Morgan fingerprint density at radius 1 is 1.50 bits per heavy atom. The molecule has 1 aliphatic rings. The highest BCUT2D eigenvalue weighted by Crippen LogP contribution is 2.31. The highest BCUT2D eigenvalue weighted by atomic mass is 35.5. The molecule has 3 nitrogen and oxygen atoms in total. The van der Waals surface area contributed by atoms with Gasteiger partial charge in [-0.3, -0.25) is 4.79 Å². The molecule has 2 rings (SSSR count). The van der Waals surface area contributed by atoms with Crippen molar-refractivity contribution >= 4 is 17.5 Å². The van der Waals surface area contributed by atoms with Crippen LogP contribution in [0.3, 0.4) is 0 Å². The first-order valence-corrected chi connectivity index (χ1v) is 7.43. The van der Waals surface area contributed by atoms with E-state index in [0.717, 1.165) is 19.3 Å². The van der Waals surface area contributed by atoms with Crippen LogP contribution in [0.4, 0.5) is 4.39 Å². The summed E-state index contributed by atoms with van der Waals surface area (Å²) in [6, 6.07) is 4.48. The van der Waals surface area contributed by atoms with Crippen LogP contribution in [0.15, 0.2) is 18.2 Å². The number of hydrogen-bond acceptors (Lipinski definition) is 2. The average Bonchev–Trinajstić information content (AvgIpc) is 2.91. The quantitative estimate of drug-likeness (QED) is 0.928. The van der Waals surface area contributed by atoms with Crippen molar-refractivity contribution in [3.8, 4) is 0 Å². The maximum Gasteiger partial charge on any atom is 0.255 e. The molecule has 0 bridgehead atoms. The molecule has 1 aromatic rings. The first kappa shape index (κ1) is 15.3. The van der Waals surface area contributed by atoms with Crippen molar-refractivity contribution in [2.45, 2.75) is 32.2 Å². The van der Waals surface area contributed by atoms with E-state index < -0.39 is 5.82 Å². The fourth-order valence-electron chi connectivity index (χ4n) is 3.05. The molecule has 0 heterocycles. The van der Waals surface area contributed by atoms with E-state index in [1.807, 2.05) is 6.92 Å². The summed E-state index contributed by atoms with van der Waals surface area (Å²) in [5.74, 6) is -0.441. The summed E-state index contributed by atoms with van der Waals surface area (Å²) in [6.45, 7) is 3.08. The second-order valence-electron chi connectivity index (χ2n) is 5.19. The van der Waals surface area contributed by atoms with E-state index in [1.54, 1.807) is 11.0 Å². The summed E-state index contributed by atoms with van der Waals surface area (Å²) in [4.78, 5) is 14.4.